The SMILES string of the molecule is Cc1cccn2cc(COC(=O)/C=C/c3ccc(Cl)cc3)nc12. The zero-order chi connectivity index (χ0) is 16.2. The highest BCUT2D eigenvalue weighted by molar-refractivity contribution is 6.30. The second-order valence-corrected chi connectivity index (χ2v) is 5.58. The minimum absolute atomic E-state index is 0.144. The van der Waals surface area contributed by atoms with Gasteiger partial charge in [0.2, 0.25) is 0 Å². The summed E-state index contributed by atoms with van der Waals surface area (Å²) in [7, 11) is 0. The van der Waals surface area contributed by atoms with Crippen LogP contribution in [0.4, 0.5) is 0 Å². The van der Waals surface area contributed by atoms with Crippen LogP contribution < -0.4 is 0 Å². The monoisotopic (exact) mass is 326 g/mol. The fourth-order valence-electron chi connectivity index (χ4n) is 2.21. The number of benzene rings is 1. The van der Waals surface area contributed by atoms with E-state index in [1.165, 1.54) is 6.08 Å². The molecule has 0 radical (unpaired) electrons. The summed E-state index contributed by atoms with van der Waals surface area (Å²) in [5, 5.41) is 0.659. The molecule has 116 valence electrons. The lowest BCUT2D eigenvalue weighted by Gasteiger charge is -1.98. The molecule has 2 heterocycles. The van der Waals surface area contributed by atoms with Crippen LogP contribution in [0.25, 0.3) is 11.7 Å². The smallest absolute Gasteiger partial charge is 0.331 e. The van der Waals surface area contributed by atoms with Gasteiger partial charge in [-0.2, -0.15) is 0 Å². The molecular formula is C18H15ClN2O2. The van der Waals surface area contributed by atoms with Crippen molar-refractivity contribution in [1.29, 1.82) is 0 Å². The number of carbonyl (C=O) groups excluding carboxylic acids is 1. The van der Waals surface area contributed by atoms with Gasteiger partial charge < -0.3 is 9.14 Å². The molecule has 0 saturated heterocycles. The third-order valence-corrected chi connectivity index (χ3v) is 3.62. The van der Waals surface area contributed by atoms with Crippen LogP contribution >= 0.6 is 11.6 Å². The molecule has 0 atom stereocenters. The van der Waals surface area contributed by atoms with Crippen molar-refractivity contribution in [3.8, 4) is 0 Å². The summed E-state index contributed by atoms with van der Waals surface area (Å²) in [6.07, 6.45) is 6.86. The second-order valence-electron chi connectivity index (χ2n) is 5.15. The van der Waals surface area contributed by atoms with E-state index in [1.54, 1.807) is 18.2 Å². The quantitative estimate of drug-likeness (QED) is 0.536. The number of hydrogen-bond donors (Lipinski definition) is 0. The molecule has 5 heteroatoms. The molecule has 0 unspecified atom stereocenters. The van der Waals surface area contributed by atoms with Crippen molar-refractivity contribution < 1.29 is 9.53 Å². The molecule has 0 fully saturated rings. The summed E-state index contributed by atoms with van der Waals surface area (Å²) >= 11 is 5.81. The summed E-state index contributed by atoms with van der Waals surface area (Å²) in [5.74, 6) is -0.409. The number of aryl methyl sites for hydroxylation is 1. The Morgan fingerprint density at radius 1 is 1.30 bits per heavy atom. The van der Waals surface area contributed by atoms with E-state index in [2.05, 4.69) is 4.98 Å². The molecule has 0 saturated carbocycles. The summed E-state index contributed by atoms with van der Waals surface area (Å²) in [6.45, 7) is 2.14. The molecule has 2 aromatic heterocycles. The molecule has 1 aromatic carbocycles. The molecule has 4 nitrogen and oxygen atoms in total. The minimum atomic E-state index is -0.409. The van der Waals surface area contributed by atoms with Crippen LogP contribution in [0, 0.1) is 6.92 Å². The lowest BCUT2D eigenvalue weighted by molar-refractivity contribution is -0.139. The highest BCUT2D eigenvalue weighted by Crippen LogP contribution is 2.12. The highest BCUT2D eigenvalue weighted by atomic mass is 35.5. The number of imidazole rings is 1. The van der Waals surface area contributed by atoms with E-state index in [1.807, 2.05) is 48.0 Å². The van der Waals surface area contributed by atoms with Gasteiger partial charge >= 0.3 is 5.97 Å². The predicted octanol–water partition coefficient (Wildman–Crippen LogP) is 4.05. The van der Waals surface area contributed by atoms with Crippen LogP contribution in [0.1, 0.15) is 16.8 Å². The zero-order valence-electron chi connectivity index (χ0n) is 12.6. The second kappa shape index (κ2) is 6.67. The Morgan fingerprint density at radius 2 is 2.09 bits per heavy atom. The number of halogens is 1. The Bertz CT molecular complexity index is 866. The van der Waals surface area contributed by atoms with Gasteiger partial charge in [0.1, 0.15) is 12.3 Å². The Balaban J connectivity index is 1.61. The van der Waals surface area contributed by atoms with Crippen molar-refractivity contribution in [3.63, 3.8) is 0 Å². The molecule has 0 bridgehead atoms. The number of pyridine rings is 1. The number of esters is 1. The molecular weight excluding hydrogens is 312 g/mol. The number of fused-ring (bicyclic) bond motifs is 1. The summed E-state index contributed by atoms with van der Waals surface area (Å²) in [4.78, 5) is 16.2. The number of aromatic nitrogens is 2. The maximum absolute atomic E-state index is 11.8. The normalized spacial score (nSPS) is 11.2. The van der Waals surface area contributed by atoms with Gasteiger partial charge in [-0.3, -0.25) is 0 Å². The van der Waals surface area contributed by atoms with E-state index in [0.717, 1.165) is 16.8 Å². The maximum atomic E-state index is 11.8. The number of carbonyl (C=O) groups is 1. The van der Waals surface area contributed by atoms with Crippen LogP contribution in [-0.4, -0.2) is 15.4 Å². The van der Waals surface area contributed by atoms with Crippen molar-refractivity contribution in [1.82, 2.24) is 9.38 Å². The third-order valence-electron chi connectivity index (χ3n) is 3.37. The lowest BCUT2D eigenvalue weighted by Crippen LogP contribution is -2.00. The average Bonchev–Trinajstić information content (AvgIpc) is 2.97. The van der Waals surface area contributed by atoms with Crippen LogP contribution in [0.3, 0.4) is 0 Å². The van der Waals surface area contributed by atoms with Crippen molar-refractivity contribution in [3.05, 3.63) is 76.7 Å². The molecule has 0 aliphatic rings. The molecule has 0 N–H and O–H groups in total. The Kier molecular flexibility index (Phi) is 4.44. The van der Waals surface area contributed by atoms with Crippen LogP contribution in [0.5, 0.6) is 0 Å². The van der Waals surface area contributed by atoms with Gasteiger partial charge in [-0.25, -0.2) is 9.78 Å². The van der Waals surface area contributed by atoms with Gasteiger partial charge in [-0.15, -0.1) is 0 Å². The average molecular weight is 327 g/mol. The minimum Gasteiger partial charge on any atom is -0.456 e. The van der Waals surface area contributed by atoms with E-state index >= 15 is 0 Å². The first-order valence-electron chi connectivity index (χ1n) is 7.15. The van der Waals surface area contributed by atoms with E-state index in [4.69, 9.17) is 16.3 Å². The molecule has 0 spiro atoms. The Morgan fingerprint density at radius 3 is 2.83 bits per heavy atom. The van der Waals surface area contributed by atoms with E-state index < -0.39 is 5.97 Å². The molecule has 23 heavy (non-hydrogen) atoms. The fourth-order valence-corrected chi connectivity index (χ4v) is 2.33. The summed E-state index contributed by atoms with van der Waals surface area (Å²) in [6, 6.07) is 11.1. The molecule has 0 aliphatic carbocycles. The Labute approximate surface area is 139 Å². The first-order valence-corrected chi connectivity index (χ1v) is 7.53. The standard InChI is InChI=1S/C18H15ClN2O2/c1-13-3-2-10-21-11-16(20-18(13)21)12-23-17(22)9-6-14-4-7-15(19)8-5-14/h2-11H,12H2,1H3/b9-6+. The van der Waals surface area contributed by atoms with Crippen molar-refractivity contribution in [2.75, 3.05) is 0 Å². The van der Waals surface area contributed by atoms with Gasteiger partial charge in [-0.1, -0.05) is 29.8 Å². The third kappa shape index (κ3) is 3.79. The maximum Gasteiger partial charge on any atom is 0.331 e. The van der Waals surface area contributed by atoms with Gasteiger partial charge in [0.15, 0.2) is 0 Å². The topological polar surface area (TPSA) is 43.6 Å². The summed E-state index contributed by atoms with van der Waals surface area (Å²) < 4.78 is 7.13. The predicted molar refractivity (Wildman–Crippen MR) is 90.2 cm³/mol. The van der Waals surface area contributed by atoms with Crippen LogP contribution in [0.15, 0.2) is 54.9 Å². The number of ether oxygens (including phenoxy) is 1. The first-order chi connectivity index (χ1) is 11.1. The summed E-state index contributed by atoms with van der Waals surface area (Å²) in [5.41, 5.74) is 3.55. The van der Waals surface area contributed by atoms with Crippen molar-refractivity contribution in [2.24, 2.45) is 0 Å². The van der Waals surface area contributed by atoms with Gasteiger partial charge in [0, 0.05) is 23.5 Å². The lowest BCUT2D eigenvalue weighted by atomic mass is 10.2. The Hall–Kier alpha value is -2.59. The molecule has 3 aromatic rings. The number of hydrogen-bond acceptors (Lipinski definition) is 3. The van der Waals surface area contributed by atoms with Gasteiger partial charge in [0.25, 0.3) is 0 Å². The van der Waals surface area contributed by atoms with Gasteiger partial charge in [-0.05, 0) is 42.3 Å². The molecule has 0 amide bonds. The van der Waals surface area contributed by atoms with Crippen molar-refractivity contribution >= 4 is 29.3 Å². The fraction of sp³-hybridized carbons (Fsp3) is 0.111. The van der Waals surface area contributed by atoms with E-state index in [9.17, 15) is 4.79 Å². The number of nitrogens with zero attached hydrogens (tertiary/aromatic N) is 2. The van der Waals surface area contributed by atoms with E-state index in [0.29, 0.717) is 10.7 Å². The first kappa shape index (κ1) is 15.3. The molecule has 0 aliphatic heterocycles. The highest BCUT2D eigenvalue weighted by Gasteiger charge is 2.05. The van der Waals surface area contributed by atoms with Crippen LogP contribution in [0.2, 0.25) is 5.02 Å². The van der Waals surface area contributed by atoms with Crippen LogP contribution in [-0.2, 0) is 16.1 Å². The number of rotatable bonds is 4. The van der Waals surface area contributed by atoms with E-state index in [-0.39, 0.29) is 6.61 Å². The zero-order valence-corrected chi connectivity index (χ0v) is 13.3. The van der Waals surface area contributed by atoms with Gasteiger partial charge in [0.05, 0.1) is 5.69 Å². The molecule has 3 rings (SSSR count). The van der Waals surface area contributed by atoms with Crippen molar-refractivity contribution in [2.45, 2.75) is 13.5 Å². The largest absolute Gasteiger partial charge is 0.456 e.